The van der Waals surface area contributed by atoms with Gasteiger partial charge in [-0.2, -0.15) is 0 Å². The Bertz CT molecular complexity index is 656. The number of nitrogens with zero attached hydrogens (tertiary/aromatic N) is 1. The number of amides is 1. The van der Waals surface area contributed by atoms with Gasteiger partial charge in [0.05, 0.1) is 18.4 Å². The zero-order chi connectivity index (χ0) is 15.2. The van der Waals surface area contributed by atoms with Gasteiger partial charge < -0.3 is 15.5 Å². The first kappa shape index (κ1) is 14.9. The Morgan fingerprint density at radius 1 is 1.33 bits per heavy atom. The molecule has 3 N–H and O–H groups in total. The number of carbonyl (C=O) groups excluding carboxylic acids is 1. The SMILES string of the molecule is NC(=O)CSc1ccccc1NCc1ccc([N+](=O)[O-])o1. The molecule has 0 aliphatic heterocycles. The first-order chi connectivity index (χ1) is 10.1. The van der Waals surface area contributed by atoms with Crippen molar-refractivity contribution in [2.45, 2.75) is 11.4 Å². The number of nitro groups is 1. The Labute approximate surface area is 124 Å². The van der Waals surface area contributed by atoms with E-state index >= 15 is 0 Å². The average molecular weight is 307 g/mol. The van der Waals surface area contributed by atoms with Crippen LogP contribution < -0.4 is 11.1 Å². The maximum Gasteiger partial charge on any atom is 0.433 e. The van der Waals surface area contributed by atoms with Gasteiger partial charge in [0.1, 0.15) is 10.7 Å². The van der Waals surface area contributed by atoms with Gasteiger partial charge in [0.2, 0.25) is 5.91 Å². The van der Waals surface area contributed by atoms with Gasteiger partial charge in [-0.3, -0.25) is 14.9 Å². The number of hydrogen-bond acceptors (Lipinski definition) is 6. The molecule has 1 aromatic heterocycles. The molecule has 0 unspecified atom stereocenters. The van der Waals surface area contributed by atoms with Crippen molar-refractivity contribution in [2.24, 2.45) is 5.73 Å². The molecule has 0 bridgehead atoms. The van der Waals surface area contributed by atoms with Crippen molar-refractivity contribution in [3.05, 3.63) is 52.3 Å². The van der Waals surface area contributed by atoms with Gasteiger partial charge in [-0.25, -0.2) is 0 Å². The van der Waals surface area contributed by atoms with Gasteiger partial charge in [-0.05, 0) is 18.2 Å². The van der Waals surface area contributed by atoms with Crippen LogP contribution in [-0.4, -0.2) is 16.6 Å². The van der Waals surface area contributed by atoms with E-state index in [2.05, 4.69) is 5.32 Å². The Morgan fingerprint density at radius 2 is 2.10 bits per heavy atom. The van der Waals surface area contributed by atoms with E-state index in [1.54, 1.807) is 6.07 Å². The number of nitrogens with one attached hydrogen (secondary N) is 1. The van der Waals surface area contributed by atoms with Gasteiger partial charge in [-0.1, -0.05) is 12.1 Å². The van der Waals surface area contributed by atoms with Crippen LogP contribution >= 0.6 is 11.8 Å². The van der Waals surface area contributed by atoms with E-state index in [9.17, 15) is 14.9 Å². The highest BCUT2D eigenvalue weighted by atomic mass is 32.2. The predicted octanol–water partition coefficient (Wildman–Crippen LogP) is 2.38. The lowest BCUT2D eigenvalue weighted by Crippen LogP contribution is -2.13. The number of nitrogens with two attached hydrogens (primary N) is 1. The van der Waals surface area contributed by atoms with Gasteiger partial charge in [0, 0.05) is 10.6 Å². The fourth-order valence-electron chi connectivity index (χ4n) is 1.63. The van der Waals surface area contributed by atoms with E-state index in [1.807, 2.05) is 24.3 Å². The molecule has 7 nitrogen and oxygen atoms in total. The maximum atomic E-state index is 10.8. The van der Waals surface area contributed by atoms with Crippen molar-refractivity contribution in [1.82, 2.24) is 0 Å². The second-order valence-electron chi connectivity index (χ2n) is 4.10. The van der Waals surface area contributed by atoms with Gasteiger partial charge in [0.25, 0.3) is 0 Å². The van der Waals surface area contributed by atoms with Crippen molar-refractivity contribution in [3.63, 3.8) is 0 Å². The Balaban J connectivity index is 2.01. The van der Waals surface area contributed by atoms with E-state index < -0.39 is 10.8 Å². The average Bonchev–Trinajstić information content (AvgIpc) is 2.93. The molecule has 8 heteroatoms. The second-order valence-corrected chi connectivity index (χ2v) is 5.12. The van der Waals surface area contributed by atoms with Crippen LogP contribution in [0.2, 0.25) is 0 Å². The molecular formula is C13H13N3O4S. The zero-order valence-corrected chi connectivity index (χ0v) is 11.8. The summed E-state index contributed by atoms with van der Waals surface area (Å²) in [4.78, 5) is 21.7. The summed E-state index contributed by atoms with van der Waals surface area (Å²) in [5.41, 5.74) is 5.94. The molecule has 0 radical (unpaired) electrons. The number of rotatable bonds is 7. The molecule has 0 aliphatic carbocycles. The predicted molar refractivity (Wildman–Crippen MR) is 79.0 cm³/mol. The molecule has 21 heavy (non-hydrogen) atoms. The number of hydrogen-bond donors (Lipinski definition) is 2. The molecule has 0 fully saturated rings. The largest absolute Gasteiger partial charge is 0.433 e. The molecule has 2 aromatic rings. The van der Waals surface area contributed by atoms with Crippen molar-refractivity contribution < 1.29 is 14.1 Å². The number of primary amides is 1. The highest BCUT2D eigenvalue weighted by molar-refractivity contribution is 8.00. The minimum Gasteiger partial charge on any atom is -0.404 e. The highest BCUT2D eigenvalue weighted by Crippen LogP contribution is 2.27. The van der Waals surface area contributed by atoms with Crippen LogP contribution in [0.5, 0.6) is 0 Å². The maximum absolute atomic E-state index is 10.8. The summed E-state index contributed by atoms with van der Waals surface area (Å²) in [5.74, 6) is -0.0404. The van der Waals surface area contributed by atoms with Crippen molar-refractivity contribution in [1.29, 1.82) is 0 Å². The summed E-state index contributed by atoms with van der Waals surface area (Å²) >= 11 is 1.32. The standard InChI is InChI=1S/C13H13N3O4S/c14-12(17)8-21-11-4-2-1-3-10(11)15-7-9-5-6-13(20-9)16(18)19/h1-6,15H,7-8H2,(H2,14,17). The Hall–Kier alpha value is -2.48. The second kappa shape index (κ2) is 6.80. The molecule has 0 saturated carbocycles. The molecule has 1 aromatic carbocycles. The minimum atomic E-state index is -0.583. The fourth-order valence-corrected chi connectivity index (χ4v) is 2.40. The molecule has 0 spiro atoms. The summed E-state index contributed by atoms with van der Waals surface area (Å²) in [6, 6.07) is 10.3. The molecule has 0 aliphatic rings. The van der Waals surface area contributed by atoms with Gasteiger partial charge in [-0.15, -0.1) is 11.8 Å². The quantitative estimate of drug-likeness (QED) is 0.461. The third-order valence-corrected chi connectivity index (χ3v) is 3.63. The van der Waals surface area contributed by atoms with E-state index in [1.165, 1.54) is 17.8 Å². The molecule has 110 valence electrons. The molecule has 1 heterocycles. The van der Waals surface area contributed by atoms with Crippen molar-refractivity contribution in [2.75, 3.05) is 11.1 Å². The number of anilines is 1. The number of furan rings is 1. The van der Waals surface area contributed by atoms with E-state index in [0.717, 1.165) is 10.6 Å². The number of benzene rings is 1. The number of carbonyl (C=O) groups is 1. The lowest BCUT2D eigenvalue weighted by molar-refractivity contribution is -0.402. The van der Waals surface area contributed by atoms with E-state index in [4.69, 9.17) is 10.2 Å². The minimum absolute atomic E-state index is 0.185. The van der Waals surface area contributed by atoms with Crippen molar-refractivity contribution >= 4 is 29.2 Å². The Kier molecular flexibility index (Phi) is 4.83. The molecular weight excluding hydrogens is 294 g/mol. The molecule has 0 saturated heterocycles. The summed E-state index contributed by atoms with van der Waals surface area (Å²) in [5, 5.41) is 13.7. The van der Waals surface area contributed by atoms with Crippen LogP contribution in [0.1, 0.15) is 5.76 Å². The molecule has 1 amide bonds. The third kappa shape index (κ3) is 4.25. The normalized spacial score (nSPS) is 10.3. The summed E-state index contributed by atoms with van der Waals surface area (Å²) in [7, 11) is 0. The number of para-hydroxylation sites is 1. The molecule has 2 rings (SSSR count). The molecule has 0 atom stereocenters. The number of thioether (sulfide) groups is 1. The third-order valence-electron chi connectivity index (χ3n) is 2.54. The first-order valence-corrected chi connectivity index (χ1v) is 7.02. The lowest BCUT2D eigenvalue weighted by Gasteiger charge is -2.09. The summed E-state index contributed by atoms with van der Waals surface area (Å²) in [6.07, 6.45) is 0. The monoisotopic (exact) mass is 307 g/mol. The lowest BCUT2D eigenvalue weighted by atomic mass is 10.3. The van der Waals surface area contributed by atoms with Gasteiger partial charge >= 0.3 is 5.88 Å². The van der Waals surface area contributed by atoms with E-state index in [-0.39, 0.29) is 11.6 Å². The van der Waals surface area contributed by atoms with Crippen molar-refractivity contribution in [3.8, 4) is 0 Å². The fraction of sp³-hybridized carbons (Fsp3) is 0.154. The van der Waals surface area contributed by atoms with Crippen LogP contribution in [0.25, 0.3) is 0 Å². The summed E-state index contributed by atoms with van der Waals surface area (Å²) in [6.45, 7) is 0.308. The topological polar surface area (TPSA) is 111 Å². The van der Waals surface area contributed by atoms with Crippen LogP contribution in [0.4, 0.5) is 11.6 Å². The van der Waals surface area contributed by atoms with E-state index in [0.29, 0.717) is 12.3 Å². The highest BCUT2D eigenvalue weighted by Gasteiger charge is 2.12. The zero-order valence-electron chi connectivity index (χ0n) is 10.9. The van der Waals surface area contributed by atoms with Crippen LogP contribution in [0, 0.1) is 10.1 Å². The van der Waals surface area contributed by atoms with Crippen LogP contribution in [0.3, 0.4) is 0 Å². The van der Waals surface area contributed by atoms with Gasteiger partial charge in [0.15, 0.2) is 0 Å². The Morgan fingerprint density at radius 3 is 2.76 bits per heavy atom. The van der Waals surface area contributed by atoms with Crippen LogP contribution in [-0.2, 0) is 11.3 Å². The smallest absolute Gasteiger partial charge is 0.404 e. The summed E-state index contributed by atoms with van der Waals surface area (Å²) < 4.78 is 5.06. The van der Waals surface area contributed by atoms with Crippen LogP contribution in [0.15, 0.2) is 45.7 Å². The first-order valence-electron chi connectivity index (χ1n) is 6.03.